The summed E-state index contributed by atoms with van der Waals surface area (Å²) >= 11 is 0. The van der Waals surface area contributed by atoms with Crippen molar-refractivity contribution in [3.8, 4) is 6.07 Å². The van der Waals surface area contributed by atoms with E-state index in [1.165, 1.54) is 6.42 Å². The average molecular weight is 308 g/mol. The van der Waals surface area contributed by atoms with E-state index in [0.29, 0.717) is 5.41 Å². The third kappa shape index (κ3) is 2.06. The van der Waals surface area contributed by atoms with Crippen LogP contribution < -0.4 is 15.8 Å². The van der Waals surface area contributed by atoms with E-state index >= 15 is 0 Å². The number of nitrogens with zero attached hydrogens (tertiary/aromatic N) is 3. The number of anilines is 1. The minimum atomic E-state index is -0.202. The second-order valence-corrected chi connectivity index (χ2v) is 6.82. The summed E-state index contributed by atoms with van der Waals surface area (Å²) in [6, 6.07) is 10.0. The van der Waals surface area contributed by atoms with E-state index in [0.717, 1.165) is 49.2 Å². The summed E-state index contributed by atoms with van der Waals surface area (Å²) in [6.07, 6.45) is 2.29. The first-order valence-electron chi connectivity index (χ1n) is 8.13. The summed E-state index contributed by atoms with van der Waals surface area (Å²) in [7, 11) is 1.74. The fourth-order valence-electron chi connectivity index (χ4n) is 4.18. The topological polar surface area (TPSA) is 61.1 Å². The standard InChI is InChI=1S/C18H20N4O/c1-21-15-5-3-2-4-13(15)16(14(10-19)17(21)23)22-9-7-18(12-22)6-8-20-11-18/h2-5,20H,6-9,11-12H2,1H3. The van der Waals surface area contributed by atoms with Gasteiger partial charge in [0.05, 0.1) is 11.2 Å². The first kappa shape index (κ1) is 14.3. The zero-order valence-corrected chi connectivity index (χ0v) is 13.3. The van der Waals surface area contributed by atoms with Gasteiger partial charge in [-0.15, -0.1) is 0 Å². The lowest BCUT2D eigenvalue weighted by Crippen LogP contribution is -2.31. The normalized spacial score (nSPS) is 23.7. The number of nitriles is 1. The highest BCUT2D eigenvalue weighted by molar-refractivity contribution is 5.95. The van der Waals surface area contributed by atoms with E-state index in [1.807, 2.05) is 24.3 Å². The number of para-hydroxylation sites is 1. The molecular formula is C18H20N4O. The van der Waals surface area contributed by atoms with Crippen LogP contribution in [0.5, 0.6) is 0 Å². The Kier molecular flexibility index (Phi) is 3.17. The second kappa shape index (κ2) is 5.10. The van der Waals surface area contributed by atoms with E-state index < -0.39 is 0 Å². The third-order valence-electron chi connectivity index (χ3n) is 5.47. The maximum Gasteiger partial charge on any atom is 0.270 e. The van der Waals surface area contributed by atoms with Gasteiger partial charge in [0.2, 0.25) is 0 Å². The summed E-state index contributed by atoms with van der Waals surface area (Å²) < 4.78 is 1.58. The van der Waals surface area contributed by atoms with Crippen LogP contribution in [0.25, 0.3) is 10.9 Å². The van der Waals surface area contributed by atoms with Crippen LogP contribution in [0.15, 0.2) is 29.1 Å². The lowest BCUT2D eigenvalue weighted by atomic mass is 9.86. The summed E-state index contributed by atoms with van der Waals surface area (Å²) in [5.74, 6) is 0. The lowest BCUT2D eigenvalue weighted by Gasteiger charge is -2.26. The molecule has 0 saturated carbocycles. The summed E-state index contributed by atoms with van der Waals surface area (Å²) in [5.41, 5.74) is 2.09. The predicted octanol–water partition coefficient (Wildman–Crippen LogP) is 1.60. The molecule has 0 radical (unpaired) electrons. The van der Waals surface area contributed by atoms with E-state index in [9.17, 15) is 10.1 Å². The van der Waals surface area contributed by atoms with Crippen molar-refractivity contribution in [1.29, 1.82) is 5.26 Å². The number of benzene rings is 1. The second-order valence-electron chi connectivity index (χ2n) is 6.82. The molecule has 5 nitrogen and oxygen atoms in total. The SMILES string of the molecule is Cn1c(=O)c(C#N)c(N2CCC3(CCNC3)C2)c2ccccc21. The number of pyridine rings is 1. The van der Waals surface area contributed by atoms with Gasteiger partial charge in [0.25, 0.3) is 5.56 Å². The Bertz CT molecular complexity index is 871. The highest BCUT2D eigenvalue weighted by Crippen LogP contribution is 2.40. The Morgan fingerprint density at radius 2 is 2.13 bits per heavy atom. The minimum absolute atomic E-state index is 0.202. The molecule has 3 heterocycles. The molecule has 1 atom stereocenters. The minimum Gasteiger partial charge on any atom is -0.369 e. The van der Waals surface area contributed by atoms with E-state index in [4.69, 9.17) is 0 Å². The van der Waals surface area contributed by atoms with Gasteiger partial charge in [0, 0.05) is 37.5 Å². The zero-order chi connectivity index (χ0) is 16.0. The van der Waals surface area contributed by atoms with Gasteiger partial charge in [0.1, 0.15) is 11.6 Å². The summed E-state index contributed by atoms with van der Waals surface area (Å²) in [4.78, 5) is 14.9. The van der Waals surface area contributed by atoms with Crippen molar-refractivity contribution in [2.75, 3.05) is 31.1 Å². The Morgan fingerprint density at radius 1 is 1.30 bits per heavy atom. The van der Waals surface area contributed by atoms with Gasteiger partial charge in [-0.1, -0.05) is 18.2 Å². The lowest BCUT2D eigenvalue weighted by molar-refractivity contribution is 0.369. The van der Waals surface area contributed by atoms with Gasteiger partial charge in [-0.3, -0.25) is 4.79 Å². The molecule has 0 aliphatic carbocycles. The molecule has 23 heavy (non-hydrogen) atoms. The Morgan fingerprint density at radius 3 is 2.87 bits per heavy atom. The molecular weight excluding hydrogens is 288 g/mol. The van der Waals surface area contributed by atoms with E-state index in [2.05, 4.69) is 16.3 Å². The van der Waals surface area contributed by atoms with Crippen LogP contribution in [0, 0.1) is 16.7 Å². The van der Waals surface area contributed by atoms with Crippen LogP contribution in [0.4, 0.5) is 5.69 Å². The van der Waals surface area contributed by atoms with Crippen molar-refractivity contribution in [1.82, 2.24) is 9.88 Å². The fraction of sp³-hybridized carbons (Fsp3) is 0.444. The molecule has 1 unspecified atom stereocenters. The molecule has 118 valence electrons. The molecule has 5 heteroatoms. The number of hydrogen-bond donors (Lipinski definition) is 1. The molecule has 2 aliphatic heterocycles. The number of aryl methyl sites for hydroxylation is 1. The van der Waals surface area contributed by atoms with Crippen molar-refractivity contribution in [3.63, 3.8) is 0 Å². The van der Waals surface area contributed by atoms with Crippen molar-refractivity contribution < 1.29 is 0 Å². The van der Waals surface area contributed by atoms with Crippen molar-refractivity contribution >= 4 is 16.6 Å². The number of fused-ring (bicyclic) bond motifs is 1. The van der Waals surface area contributed by atoms with Crippen LogP contribution >= 0.6 is 0 Å². The van der Waals surface area contributed by atoms with Crippen LogP contribution in [0.2, 0.25) is 0 Å². The first-order valence-corrected chi connectivity index (χ1v) is 8.13. The van der Waals surface area contributed by atoms with E-state index in [1.54, 1.807) is 11.6 Å². The van der Waals surface area contributed by atoms with Crippen LogP contribution in [-0.2, 0) is 7.05 Å². The number of aromatic nitrogens is 1. The molecule has 1 spiro atoms. The summed E-state index contributed by atoms with van der Waals surface area (Å²) in [5, 5.41) is 14.0. The fourth-order valence-corrected chi connectivity index (χ4v) is 4.18. The predicted molar refractivity (Wildman–Crippen MR) is 90.7 cm³/mol. The smallest absolute Gasteiger partial charge is 0.270 e. The van der Waals surface area contributed by atoms with Crippen molar-refractivity contribution in [2.45, 2.75) is 12.8 Å². The van der Waals surface area contributed by atoms with Gasteiger partial charge in [-0.05, 0) is 25.5 Å². The van der Waals surface area contributed by atoms with Gasteiger partial charge in [-0.2, -0.15) is 5.26 Å². The van der Waals surface area contributed by atoms with Gasteiger partial charge in [-0.25, -0.2) is 0 Å². The molecule has 0 amide bonds. The Labute approximate surface area is 135 Å². The van der Waals surface area contributed by atoms with Crippen LogP contribution in [0.3, 0.4) is 0 Å². The molecule has 2 aliphatic rings. The van der Waals surface area contributed by atoms with Crippen LogP contribution in [0.1, 0.15) is 18.4 Å². The molecule has 1 N–H and O–H groups in total. The number of nitrogens with one attached hydrogen (secondary N) is 1. The zero-order valence-electron chi connectivity index (χ0n) is 13.3. The van der Waals surface area contributed by atoms with Gasteiger partial charge in [0.15, 0.2) is 0 Å². The maximum absolute atomic E-state index is 12.6. The van der Waals surface area contributed by atoms with Crippen molar-refractivity contribution in [2.24, 2.45) is 12.5 Å². The third-order valence-corrected chi connectivity index (χ3v) is 5.47. The van der Waals surface area contributed by atoms with Gasteiger partial charge < -0.3 is 14.8 Å². The Hall–Kier alpha value is -2.32. The number of hydrogen-bond acceptors (Lipinski definition) is 4. The van der Waals surface area contributed by atoms with Gasteiger partial charge >= 0.3 is 0 Å². The summed E-state index contributed by atoms with van der Waals surface area (Å²) in [6.45, 7) is 3.93. The molecule has 0 bridgehead atoms. The molecule has 1 aromatic carbocycles. The molecule has 1 aromatic heterocycles. The quantitative estimate of drug-likeness (QED) is 0.869. The molecule has 2 saturated heterocycles. The molecule has 2 aromatic rings. The molecule has 4 rings (SSSR count). The van der Waals surface area contributed by atoms with Crippen molar-refractivity contribution in [3.05, 3.63) is 40.2 Å². The maximum atomic E-state index is 12.6. The molecule has 2 fully saturated rings. The monoisotopic (exact) mass is 308 g/mol. The van der Waals surface area contributed by atoms with Crippen LogP contribution in [-0.4, -0.2) is 30.7 Å². The Balaban J connectivity index is 1.91. The highest BCUT2D eigenvalue weighted by Gasteiger charge is 2.41. The first-order chi connectivity index (χ1) is 11.2. The van der Waals surface area contributed by atoms with E-state index in [-0.39, 0.29) is 11.1 Å². The highest BCUT2D eigenvalue weighted by atomic mass is 16.1. The number of rotatable bonds is 1. The average Bonchev–Trinajstić information content (AvgIpc) is 3.21. The largest absolute Gasteiger partial charge is 0.369 e.